The summed E-state index contributed by atoms with van der Waals surface area (Å²) < 4.78 is 0. The van der Waals surface area contributed by atoms with Gasteiger partial charge >= 0.3 is 0 Å². The number of halogens is 1. The molecule has 2 aromatic heterocycles. The highest BCUT2D eigenvalue weighted by molar-refractivity contribution is 7.17. The van der Waals surface area contributed by atoms with Crippen LogP contribution in [0.2, 0.25) is 5.02 Å². The van der Waals surface area contributed by atoms with Crippen LogP contribution in [-0.2, 0) is 13.0 Å². The Morgan fingerprint density at radius 1 is 1.17 bits per heavy atom. The minimum Gasteiger partial charge on any atom is -0.361 e. The van der Waals surface area contributed by atoms with Crippen LogP contribution >= 0.6 is 22.9 Å². The summed E-state index contributed by atoms with van der Waals surface area (Å²) in [5.41, 5.74) is 4.17. The van der Waals surface area contributed by atoms with Crippen LogP contribution in [0.25, 0.3) is 21.3 Å². The van der Waals surface area contributed by atoms with Crippen molar-refractivity contribution in [1.82, 2.24) is 9.97 Å². The van der Waals surface area contributed by atoms with Crippen molar-refractivity contribution in [1.29, 1.82) is 0 Å². The van der Waals surface area contributed by atoms with Crippen LogP contribution in [0.15, 0.2) is 58.7 Å². The third-order valence-electron chi connectivity index (χ3n) is 5.64. The standard InChI is InChI=1S/C23H20ClN3OS/c1-14-10-11-15-6-2-5-9-19(15)27(14)12-20-25-22(28)21-17(13-29-23(21)26-20)16-7-3-4-8-18(16)24/h2-9,13-14H,10-12H2,1H3,(H,25,26,28)/t14-/m1/s1. The number of aryl methyl sites for hydroxylation is 1. The average molecular weight is 422 g/mol. The quantitative estimate of drug-likeness (QED) is 0.465. The van der Waals surface area contributed by atoms with Gasteiger partial charge in [0.05, 0.1) is 11.9 Å². The first-order chi connectivity index (χ1) is 14.1. The lowest BCUT2D eigenvalue weighted by Crippen LogP contribution is -2.37. The van der Waals surface area contributed by atoms with Crippen LogP contribution in [0.4, 0.5) is 5.69 Å². The van der Waals surface area contributed by atoms with Crippen LogP contribution in [0.1, 0.15) is 24.7 Å². The second kappa shape index (κ2) is 7.32. The number of nitrogens with zero attached hydrogens (tertiary/aromatic N) is 2. The molecule has 0 saturated heterocycles. The number of anilines is 1. The molecule has 6 heteroatoms. The maximum atomic E-state index is 13.0. The summed E-state index contributed by atoms with van der Waals surface area (Å²) in [5.74, 6) is 0.693. The van der Waals surface area contributed by atoms with Gasteiger partial charge in [-0.25, -0.2) is 4.98 Å². The van der Waals surface area contributed by atoms with Crippen molar-refractivity contribution in [3.05, 3.63) is 80.7 Å². The summed E-state index contributed by atoms with van der Waals surface area (Å²) >= 11 is 7.84. The van der Waals surface area contributed by atoms with Gasteiger partial charge in [0.25, 0.3) is 5.56 Å². The number of nitrogens with one attached hydrogen (secondary N) is 1. The van der Waals surface area contributed by atoms with Gasteiger partial charge in [-0.05, 0) is 37.5 Å². The van der Waals surface area contributed by atoms with Crippen molar-refractivity contribution in [2.75, 3.05) is 4.90 Å². The fourth-order valence-corrected chi connectivity index (χ4v) is 5.30. The van der Waals surface area contributed by atoms with E-state index < -0.39 is 0 Å². The second-order valence-corrected chi connectivity index (χ2v) is 8.73. The van der Waals surface area contributed by atoms with E-state index in [4.69, 9.17) is 16.6 Å². The maximum Gasteiger partial charge on any atom is 0.260 e. The van der Waals surface area contributed by atoms with Gasteiger partial charge in [-0.3, -0.25) is 4.79 Å². The average Bonchev–Trinajstić information content (AvgIpc) is 3.15. The number of fused-ring (bicyclic) bond motifs is 2. The molecule has 0 amide bonds. The van der Waals surface area contributed by atoms with Crippen LogP contribution in [-0.4, -0.2) is 16.0 Å². The zero-order valence-electron chi connectivity index (χ0n) is 16.0. The number of aromatic amines is 1. The van der Waals surface area contributed by atoms with Crippen molar-refractivity contribution in [2.24, 2.45) is 0 Å². The van der Waals surface area contributed by atoms with Gasteiger partial charge in [0.1, 0.15) is 10.7 Å². The molecular weight excluding hydrogens is 402 g/mol. The molecule has 1 N–H and O–H groups in total. The fraction of sp³-hybridized carbons (Fsp3) is 0.217. The number of para-hydroxylation sites is 1. The van der Waals surface area contributed by atoms with E-state index >= 15 is 0 Å². The van der Waals surface area contributed by atoms with E-state index in [1.165, 1.54) is 22.6 Å². The number of aromatic nitrogens is 2. The van der Waals surface area contributed by atoms with E-state index in [0.29, 0.717) is 28.8 Å². The number of hydrogen-bond donors (Lipinski definition) is 1. The summed E-state index contributed by atoms with van der Waals surface area (Å²) in [6.07, 6.45) is 2.18. The van der Waals surface area contributed by atoms with E-state index in [1.54, 1.807) is 0 Å². The number of H-pyrrole nitrogens is 1. The van der Waals surface area contributed by atoms with Gasteiger partial charge in [-0.2, -0.15) is 0 Å². The molecule has 5 rings (SSSR count). The topological polar surface area (TPSA) is 49.0 Å². The number of thiophene rings is 1. The highest BCUT2D eigenvalue weighted by atomic mass is 35.5. The number of benzene rings is 2. The Morgan fingerprint density at radius 2 is 1.97 bits per heavy atom. The van der Waals surface area contributed by atoms with E-state index in [9.17, 15) is 4.79 Å². The SMILES string of the molecule is C[C@@H]1CCc2ccccc2N1Cc1nc2scc(-c3ccccc3Cl)c2c(=O)[nH]1. The van der Waals surface area contributed by atoms with Crippen LogP contribution in [0.5, 0.6) is 0 Å². The Bertz CT molecular complexity index is 1260. The van der Waals surface area contributed by atoms with E-state index in [0.717, 1.165) is 28.8 Å². The number of rotatable bonds is 3. The lowest BCUT2D eigenvalue weighted by molar-refractivity contribution is 0.552. The van der Waals surface area contributed by atoms with Crippen LogP contribution in [0.3, 0.4) is 0 Å². The third-order valence-corrected chi connectivity index (χ3v) is 6.84. The molecule has 4 nitrogen and oxygen atoms in total. The molecule has 29 heavy (non-hydrogen) atoms. The van der Waals surface area contributed by atoms with Gasteiger partial charge < -0.3 is 9.88 Å². The molecule has 0 bridgehead atoms. The zero-order valence-corrected chi connectivity index (χ0v) is 17.6. The van der Waals surface area contributed by atoms with E-state index in [1.807, 2.05) is 29.6 Å². The normalized spacial score (nSPS) is 16.2. The van der Waals surface area contributed by atoms with Crippen molar-refractivity contribution < 1.29 is 0 Å². The minimum atomic E-state index is -0.112. The van der Waals surface area contributed by atoms with Crippen molar-refractivity contribution in [3.8, 4) is 11.1 Å². The van der Waals surface area contributed by atoms with Crippen molar-refractivity contribution in [3.63, 3.8) is 0 Å². The second-order valence-electron chi connectivity index (χ2n) is 7.47. The molecule has 0 aliphatic carbocycles. The molecule has 0 spiro atoms. The Kier molecular flexibility index (Phi) is 4.64. The monoisotopic (exact) mass is 421 g/mol. The maximum absolute atomic E-state index is 13.0. The molecule has 146 valence electrons. The summed E-state index contributed by atoms with van der Waals surface area (Å²) in [7, 11) is 0. The van der Waals surface area contributed by atoms with Crippen LogP contribution < -0.4 is 10.5 Å². The third kappa shape index (κ3) is 3.24. The van der Waals surface area contributed by atoms with Crippen LogP contribution in [0, 0.1) is 0 Å². The molecule has 0 saturated carbocycles. The summed E-state index contributed by atoms with van der Waals surface area (Å²) in [6.45, 7) is 2.82. The predicted octanol–water partition coefficient (Wildman–Crippen LogP) is 5.65. The summed E-state index contributed by atoms with van der Waals surface area (Å²) in [4.78, 5) is 23.9. The molecular formula is C23H20ClN3OS. The first-order valence-corrected chi connectivity index (χ1v) is 11.0. The lowest BCUT2D eigenvalue weighted by Gasteiger charge is -2.36. The molecule has 1 atom stereocenters. The van der Waals surface area contributed by atoms with Gasteiger partial charge in [-0.15, -0.1) is 11.3 Å². The predicted molar refractivity (Wildman–Crippen MR) is 121 cm³/mol. The number of hydrogen-bond acceptors (Lipinski definition) is 4. The Labute approximate surface area is 177 Å². The molecule has 4 aromatic rings. The molecule has 3 heterocycles. The fourth-order valence-electron chi connectivity index (χ4n) is 4.11. The Morgan fingerprint density at radius 3 is 2.83 bits per heavy atom. The minimum absolute atomic E-state index is 0.112. The molecule has 0 fully saturated rings. The molecule has 2 aromatic carbocycles. The molecule has 1 aliphatic rings. The Hall–Kier alpha value is -2.63. The first kappa shape index (κ1) is 18.4. The van der Waals surface area contributed by atoms with Gasteiger partial charge in [0, 0.05) is 33.3 Å². The smallest absolute Gasteiger partial charge is 0.260 e. The van der Waals surface area contributed by atoms with E-state index in [-0.39, 0.29) is 5.56 Å². The van der Waals surface area contributed by atoms with Gasteiger partial charge in [0.2, 0.25) is 0 Å². The van der Waals surface area contributed by atoms with Gasteiger partial charge in [-0.1, -0.05) is 48.0 Å². The summed E-state index contributed by atoms with van der Waals surface area (Å²) in [5, 5.41) is 3.21. The van der Waals surface area contributed by atoms with E-state index in [2.05, 4.69) is 41.1 Å². The highest BCUT2D eigenvalue weighted by Crippen LogP contribution is 2.35. The Balaban J connectivity index is 1.55. The highest BCUT2D eigenvalue weighted by Gasteiger charge is 2.24. The largest absolute Gasteiger partial charge is 0.361 e. The molecule has 0 unspecified atom stereocenters. The zero-order chi connectivity index (χ0) is 20.0. The van der Waals surface area contributed by atoms with Gasteiger partial charge in [0.15, 0.2) is 0 Å². The lowest BCUT2D eigenvalue weighted by atomic mass is 9.96. The molecule has 0 radical (unpaired) electrons. The first-order valence-electron chi connectivity index (χ1n) is 9.71. The summed E-state index contributed by atoms with van der Waals surface area (Å²) in [6, 6.07) is 16.5. The van der Waals surface area contributed by atoms with Crippen molar-refractivity contribution in [2.45, 2.75) is 32.4 Å². The van der Waals surface area contributed by atoms with Crippen molar-refractivity contribution >= 4 is 38.8 Å². The molecule has 1 aliphatic heterocycles.